The van der Waals surface area contributed by atoms with E-state index in [1.165, 1.54) is 0 Å². The molecule has 0 radical (unpaired) electrons. The highest BCUT2D eigenvalue weighted by molar-refractivity contribution is 5.86. The third-order valence-corrected chi connectivity index (χ3v) is 2.49. The maximum atomic E-state index is 11.0. The Morgan fingerprint density at radius 3 is 2.64 bits per heavy atom. The Hall–Kier alpha value is -0.830. The van der Waals surface area contributed by atoms with Gasteiger partial charge in [0.15, 0.2) is 0 Å². The van der Waals surface area contributed by atoms with Crippen molar-refractivity contribution in [2.75, 3.05) is 13.2 Å². The van der Waals surface area contributed by atoms with Gasteiger partial charge in [0.05, 0.1) is 19.3 Å². The fraction of sp³-hybridized carbons (Fsp3) is 0.727. The van der Waals surface area contributed by atoms with Crippen LogP contribution in [0.2, 0.25) is 0 Å². The minimum Gasteiger partial charge on any atom is -0.462 e. The van der Waals surface area contributed by atoms with Crippen LogP contribution in [0.5, 0.6) is 0 Å². The highest BCUT2D eigenvalue weighted by Crippen LogP contribution is 2.35. The summed E-state index contributed by atoms with van der Waals surface area (Å²) in [4.78, 5) is 11.0. The van der Waals surface area contributed by atoms with Crippen molar-refractivity contribution in [3.63, 3.8) is 0 Å². The maximum absolute atomic E-state index is 11.0. The van der Waals surface area contributed by atoms with Crippen LogP contribution in [0.3, 0.4) is 0 Å². The van der Waals surface area contributed by atoms with Gasteiger partial charge in [0.25, 0.3) is 0 Å². The molecule has 0 aromatic carbocycles. The molecule has 3 nitrogen and oxygen atoms in total. The first kappa shape index (κ1) is 11.2. The van der Waals surface area contributed by atoms with E-state index in [0.717, 1.165) is 13.0 Å². The van der Waals surface area contributed by atoms with Crippen molar-refractivity contribution < 1.29 is 14.3 Å². The van der Waals surface area contributed by atoms with Crippen molar-refractivity contribution >= 4 is 5.97 Å². The molecule has 1 aliphatic heterocycles. The standard InChI is InChI=1S/C11H18O3/c1-8(2)10(12)13-6-5-9-11(3,4)7-14-9/h9H,1,5-7H2,2-4H3. The van der Waals surface area contributed by atoms with Crippen LogP contribution < -0.4 is 0 Å². The summed E-state index contributed by atoms with van der Waals surface area (Å²) in [6.07, 6.45) is 0.992. The lowest BCUT2D eigenvalue weighted by Crippen LogP contribution is -2.48. The Kier molecular flexibility index (Phi) is 3.32. The summed E-state index contributed by atoms with van der Waals surface area (Å²) in [5, 5.41) is 0. The van der Waals surface area contributed by atoms with Crippen LogP contribution in [0, 0.1) is 5.41 Å². The largest absolute Gasteiger partial charge is 0.462 e. The predicted octanol–water partition coefficient (Wildman–Crippen LogP) is 1.92. The van der Waals surface area contributed by atoms with Crippen LogP contribution in [0.15, 0.2) is 12.2 Å². The quantitative estimate of drug-likeness (QED) is 0.511. The van der Waals surface area contributed by atoms with Gasteiger partial charge in [0.1, 0.15) is 0 Å². The lowest BCUT2D eigenvalue weighted by molar-refractivity contribution is -0.177. The van der Waals surface area contributed by atoms with Gasteiger partial charge in [-0.15, -0.1) is 0 Å². The molecule has 0 spiro atoms. The monoisotopic (exact) mass is 198 g/mol. The molecule has 0 amide bonds. The highest BCUT2D eigenvalue weighted by atomic mass is 16.5. The fourth-order valence-electron chi connectivity index (χ4n) is 1.39. The molecule has 80 valence electrons. The average molecular weight is 198 g/mol. The first-order valence-electron chi connectivity index (χ1n) is 4.88. The Balaban J connectivity index is 2.16. The fourth-order valence-corrected chi connectivity index (χ4v) is 1.39. The van der Waals surface area contributed by atoms with Crippen LogP contribution in [-0.4, -0.2) is 25.3 Å². The Labute approximate surface area is 85.1 Å². The number of hydrogen-bond donors (Lipinski definition) is 0. The molecular formula is C11H18O3. The summed E-state index contributed by atoms with van der Waals surface area (Å²) in [7, 11) is 0. The number of ether oxygens (including phenoxy) is 2. The van der Waals surface area contributed by atoms with Crippen LogP contribution >= 0.6 is 0 Å². The topological polar surface area (TPSA) is 35.5 Å². The van der Waals surface area contributed by atoms with E-state index in [4.69, 9.17) is 9.47 Å². The van der Waals surface area contributed by atoms with Gasteiger partial charge >= 0.3 is 5.97 Å². The second-order valence-electron chi connectivity index (χ2n) is 4.49. The van der Waals surface area contributed by atoms with Gasteiger partial charge in [0, 0.05) is 17.4 Å². The van der Waals surface area contributed by atoms with E-state index in [9.17, 15) is 4.79 Å². The molecule has 1 atom stereocenters. The van der Waals surface area contributed by atoms with Crippen LogP contribution in [-0.2, 0) is 14.3 Å². The van der Waals surface area contributed by atoms with Gasteiger partial charge in [-0.3, -0.25) is 0 Å². The molecule has 1 saturated heterocycles. The molecule has 3 heteroatoms. The lowest BCUT2D eigenvalue weighted by Gasteiger charge is -2.44. The van der Waals surface area contributed by atoms with Gasteiger partial charge in [0.2, 0.25) is 0 Å². The Bertz CT molecular complexity index is 243. The van der Waals surface area contributed by atoms with E-state index >= 15 is 0 Å². The first-order chi connectivity index (χ1) is 6.43. The molecule has 1 fully saturated rings. The van der Waals surface area contributed by atoms with Crippen molar-refractivity contribution in [3.05, 3.63) is 12.2 Å². The van der Waals surface area contributed by atoms with E-state index in [1.54, 1.807) is 6.92 Å². The van der Waals surface area contributed by atoms with Gasteiger partial charge in [-0.1, -0.05) is 20.4 Å². The molecule has 14 heavy (non-hydrogen) atoms. The average Bonchev–Trinajstić information content (AvgIpc) is 2.10. The minimum absolute atomic E-state index is 0.223. The van der Waals surface area contributed by atoms with Gasteiger partial charge in [-0.2, -0.15) is 0 Å². The first-order valence-corrected chi connectivity index (χ1v) is 4.88. The molecule has 0 N–H and O–H groups in total. The predicted molar refractivity (Wildman–Crippen MR) is 53.9 cm³/mol. The van der Waals surface area contributed by atoms with Crippen LogP contribution in [0.1, 0.15) is 27.2 Å². The third kappa shape index (κ3) is 2.58. The molecule has 0 saturated carbocycles. The second kappa shape index (κ2) is 4.13. The normalized spacial score (nSPS) is 23.8. The van der Waals surface area contributed by atoms with Gasteiger partial charge in [-0.25, -0.2) is 4.79 Å². The van der Waals surface area contributed by atoms with Crippen molar-refractivity contribution in [2.45, 2.75) is 33.3 Å². The maximum Gasteiger partial charge on any atom is 0.333 e. The summed E-state index contributed by atoms with van der Waals surface area (Å²) in [6.45, 7) is 10.7. The van der Waals surface area contributed by atoms with Crippen molar-refractivity contribution in [1.82, 2.24) is 0 Å². The Morgan fingerprint density at radius 2 is 2.29 bits per heavy atom. The number of rotatable bonds is 4. The number of carbonyl (C=O) groups excluding carboxylic acids is 1. The molecular weight excluding hydrogens is 180 g/mol. The molecule has 1 heterocycles. The summed E-state index contributed by atoms with van der Waals surface area (Å²) < 4.78 is 10.4. The zero-order valence-electron chi connectivity index (χ0n) is 9.13. The third-order valence-electron chi connectivity index (χ3n) is 2.49. The van der Waals surface area contributed by atoms with Gasteiger partial charge in [-0.05, 0) is 6.92 Å². The van der Waals surface area contributed by atoms with Crippen LogP contribution in [0.4, 0.5) is 0 Å². The zero-order chi connectivity index (χ0) is 10.8. The lowest BCUT2D eigenvalue weighted by atomic mass is 9.81. The smallest absolute Gasteiger partial charge is 0.333 e. The molecule has 0 aromatic rings. The van der Waals surface area contributed by atoms with Crippen LogP contribution in [0.25, 0.3) is 0 Å². The molecule has 0 aliphatic carbocycles. The summed E-state index contributed by atoms with van der Waals surface area (Å²) in [5.74, 6) is -0.317. The van der Waals surface area contributed by atoms with E-state index < -0.39 is 0 Å². The zero-order valence-corrected chi connectivity index (χ0v) is 9.13. The van der Waals surface area contributed by atoms with Crippen molar-refractivity contribution in [3.8, 4) is 0 Å². The highest BCUT2D eigenvalue weighted by Gasteiger charge is 2.39. The van der Waals surface area contributed by atoms with E-state index in [2.05, 4.69) is 20.4 Å². The minimum atomic E-state index is -0.317. The van der Waals surface area contributed by atoms with E-state index in [-0.39, 0.29) is 17.5 Å². The number of esters is 1. The van der Waals surface area contributed by atoms with E-state index in [1.807, 2.05) is 0 Å². The number of hydrogen-bond acceptors (Lipinski definition) is 3. The molecule has 0 bridgehead atoms. The SMILES string of the molecule is C=C(C)C(=O)OCCC1OCC1(C)C. The van der Waals surface area contributed by atoms with Crippen molar-refractivity contribution in [1.29, 1.82) is 0 Å². The number of carbonyl (C=O) groups is 1. The summed E-state index contributed by atoms with van der Waals surface area (Å²) >= 11 is 0. The Morgan fingerprint density at radius 1 is 1.64 bits per heavy atom. The molecule has 0 aromatic heterocycles. The van der Waals surface area contributed by atoms with Crippen molar-refractivity contribution in [2.24, 2.45) is 5.41 Å². The molecule has 1 aliphatic rings. The van der Waals surface area contributed by atoms with E-state index in [0.29, 0.717) is 12.2 Å². The summed E-state index contributed by atoms with van der Waals surface area (Å²) in [6, 6.07) is 0. The molecule has 1 unspecified atom stereocenters. The summed E-state index contributed by atoms with van der Waals surface area (Å²) in [5.41, 5.74) is 0.675. The molecule has 1 rings (SSSR count). The van der Waals surface area contributed by atoms with Gasteiger partial charge < -0.3 is 9.47 Å². The second-order valence-corrected chi connectivity index (χ2v) is 4.49.